The number of fused-ring (bicyclic) bond motifs is 1. The van der Waals surface area contributed by atoms with Crippen LogP contribution in [0.25, 0.3) is 0 Å². The molecule has 0 aliphatic carbocycles. The second-order valence-electron chi connectivity index (χ2n) is 4.91. The van der Waals surface area contributed by atoms with Gasteiger partial charge in [-0.15, -0.1) is 0 Å². The first-order chi connectivity index (χ1) is 9.22. The topological polar surface area (TPSA) is 21.3 Å². The zero-order chi connectivity index (χ0) is 13.2. The molecule has 1 aliphatic heterocycles. The predicted octanol–water partition coefficient (Wildman–Crippen LogP) is 3.80. The molecule has 0 saturated carbocycles. The maximum atomic E-state index is 5.99. The van der Waals surface area contributed by atoms with Crippen LogP contribution in [0.2, 0.25) is 5.02 Å². The van der Waals surface area contributed by atoms with Crippen LogP contribution >= 0.6 is 22.9 Å². The van der Waals surface area contributed by atoms with Gasteiger partial charge in [0.05, 0.1) is 0 Å². The van der Waals surface area contributed by atoms with E-state index in [1.54, 1.807) is 11.3 Å². The summed E-state index contributed by atoms with van der Waals surface area (Å²) < 4.78 is 5.89. The Balaban J connectivity index is 1.52. The SMILES string of the molecule is Cc1cscc1CNCC1Cc2cc(Cl)ccc2O1. The van der Waals surface area contributed by atoms with E-state index >= 15 is 0 Å². The van der Waals surface area contributed by atoms with E-state index in [0.717, 1.165) is 30.3 Å². The van der Waals surface area contributed by atoms with Gasteiger partial charge in [0.1, 0.15) is 11.9 Å². The number of rotatable bonds is 4. The van der Waals surface area contributed by atoms with Crippen molar-refractivity contribution >= 4 is 22.9 Å². The highest BCUT2D eigenvalue weighted by atomic mass is 35.5. The molecule has 100 valence electrons. The lowest BCUT2D eigenvalue weighted by Crippen LogP contribution is -2.29. The van der Waals surface area contributed by atoms with E-state index < -0.39 is 0 Å². The minimum absolute atomic E-state index is 0.215. The van der Waals surface area contributed by atoms with Crippen molar-refractivity contribution in [3.05, 3.63) is 50.7 Å². The van der Waals surface area contributed by atoms with E-state index in [2.05, 4.69) is 23.0 Å². The van der Waals surface area contributed by atoms with Crippen molar-refractivity contribution in [3.63, 3.8) is 0 Å². The van der Waals surface area contributed by atoms with Gasteiger partial charge in [0.2, 0.25) is 0 Å². The van der Waals surface area contributed by atoms with Crippen molar-refractivity contribution in [3.8, 4) is 5.75 Å². The van der Waals surface area contributed by atoms with Crippen molar-refractivity contribution in [2.24, 2.45) is 0 Å². The van der Waals surface area contributed by atoms with E-state index in [4.69, 9.17) is 16.3 Å². The zero-order valence-electron chi connectivity index (χ0n) is 10.8. The van der Waals surface area contributed by atoms with Gasteiger partial charge >= 0.3 is 0 Å². The van der Waals surface area contributed by atoms with Gasteiger partial charge < -0.3 is 10.1 Å². The van der Waals surface area contributed by atoms with E-state index in [9.17, 15) is 0 Å². The van der Waals surface area contributed by atoms with Crippen molar-refractivity contribution < 1.29 is 4.74 Å². The third-order valence-electron chi connectivity index (χ3n) is 3.41. The Labute approximate surface area is 122 Å². The highest BCUT2D eigenvalue weighted by Gasteiger charge is 2.22. The molecule has 0 radical (unpaired) electrons. The Hall–Kier alpha value is -1.03. The fraction of sp³-hybridized carbons (Fsp3) is 0.333. The van der Waals surface area contributed by atoms with Gasteiger partial charge in [-0.1, -0.05) is 11.6 Å². The van der Waals surface area contributed by atoms with E-state index in [-0.39, 0.29) is 6.10 Å². The van der Waals surface area contributed by atoms with Crippen LogP contribution in [-0.4, -0.2) is 12.6 Å². The molecule has 0 saturated heterocycles. The number of thiophene rings is 1. The lowest BCUT2D eigenvalue weighted by Gasteiger charge is -2.11. The minimum Gasteiger partial charge on any atom is -0.488 e. The monoisotopic (exact) mass is 293 g/mol. The third kappa shape index (κ3) is 2.94. The first-order valence-electron chi connectivity index (χ1n) is 6.40. The highest BCUT2D eigenvalue weighted by molar-refractivity contribution is 7.08. The van der Waals surface area contributed by atoms with Gasteiger partial charge in [-0.05, 0) is 52.6 Å². The maximum Gasteiger partial charge on any atom is 0.123 e. The van der Waals surface area contributed by atoms with Gasteiger partial charge in [-0.2, -0.15) is 11.3 Å². The second kappa shape index (κ2) is 5.53. The molecule has 3 rings (SSSR count). The molecular weight excluding hydrogens is 278 g/mol. The number of halogens is 1. The van der Waals surface area contributed by atoms with E-state index in [1.165, 1.54) is 16.7 Å². The molecule has 1 atom stereocenters. The van der Waals surface area contributed by atoms with Crippen LogP contribution in [0.4, 0.5) is 0 Å². The smallest absolute Gasteiger partial charge is 0.123 e. The zero-order valence-corrected chi connectivity index (χ0v) is 12.4. The maximum absolute atomic E-state index is 5.99. The average molecular weight is 294 g/mol. The lowest BCUT2D eigenvalue weighted by molar-refractivity contribution is 0.227. The van der Waals surface area contributed by atoms with Crippen molar-refractivity contribution in [1.82, 2.24) is 5.32 Å². The van der Waals surface area contributed by atoms with Crippen molar-refractivity contribution in [2.75, 3.05) is 6.54 Å². The molecule has 4 heteroatoms. The Morgan fingerprint density at radius 2 is 2.32 bits per heavy atom. The predicted molar refractivity (Wildman–Crippen MR) is 80.3 cm³/mol. The first-order valence-corrected chi connectivity index (χ1v) is 7.72. The summed E-state index contributed by atoms with van der Waals surface area (Å²) in [4.78, 5) is 0. The fourth-order valence-electron chi connectivity index (χ4n) is 2.34. The number of benzene rings is 1. The average Bonchev–Trinajstić information content (AvgIpc) is 2.95. The molecule has 2 heterocycles. The molecule has 0 amide bonds. The molecule has 2 aromatic rings. The summed E-state index contributed by atoms with van der Waals surface area (Å²) in [7, 11) is 0. The van der Waals surface area contributed by atoms with Gasteiger partial charge in [-0.25, -0.2) is 0 Å². The van der Waals surface area contributed by atoms with Gasteiger partial charge in [-0.3, -0.25) is 0 Å². The molecule has 1 aromatic carbocycles. The van der Waals surface area contributed by atoms with Crippen LogP contribution in [0.5, 0.6) is 5.75 Å². The molecule has 1 aromatic heterocycles. The third-order valence-corrected chi connectivity index (χ3v) is 4.56. The van der Waals surface area contributed by atoms with Crippen molar-refractivity contribution in [2.45, 2.75) is 26.0 Å². The first kappa shape index (κ1) is 13.0. The minimum atomic E-state index is 0.215. The standard InChI is InChI=1S/C15H16ClNOS/c1-10-8-19-9-12(10)6-17-7-14-5-11-4-13(16)2-3-15(11)18-14/h2-4,8-9,14,17H,5-7H2,1H3. The van der Waals surface area contributed by atoms with Crippen LogP contribution in [0.1, 0.15) is 16.7 Å². The van der Waals surface area contributed by atoms with Gasteiger partial charge in [0.25, 0.3) is 0 Å². The summed E-state index contributed by atoms with van der Waals surface area (Å²) in [6, 6.07) is 5.84. The quantitative estimate of drug-likeness (QED) is 0.926. The summed E-state index contributed by atoms with van der Waals surface area (Å²) in [5.74, 6) is 0.975. The van der Waals surface area contributed by atoms with Crippen molar-refractivity contribution in [1.29, 1.82) is 0 Å². The number of ether oxygens (including phenoxy) is 1. The largest absolute Gasteiger partial charge is 0.488 e. The molecule has 0 bridgehead atoms. The number of hydrogen-bond acceptors (Lipinski definition) is 3. The number of hydrogen-bond donors (Lipinski definition) is 1. The van der Waals surface area contributed by atoms with E-state index in [0.29, 0.717) is 0 Å². The van der Waals surface area contributed by atoms with Crippen LogP contribution in [0, 0.1) is 6.92 Å². The normalized spacial score (nSPS) is 17.3. The molecule has 2 nitrogen and oxygen atoms in total. The Bertz CT molecular complexity index is 581. The molecular formula is C15H16ClNOS. The summed E-state index contributed by atoms with van der Waals surface area (Å²) in [5, 5.41) is 8.63. The molecule has 1 aliphatic rings. The molecule has 19 heavy (non-hydrogen) atoms. The second-order valence-corrected chi connectivity index (χ2v) is 6.09. The molecule has 1 N–H and O–H groups in total. The molecule has 1 unspecified atom stereocenters. The van der Waals surface area contributed by atoms with Crippen LogP contribution in [0.3, 0.4) is 0 Å². The fourth-order valence-corrected chi connectivity index (χ4v) is 3.39. The van der Waals surface area contributed by atoms with Crippen LogP contribution in [-0.2, 0) is 13.0 Å². The Morgan fingerprint density at radius 3 is 3.11 bits per heavy atom. The van der Waals surface area contributed by atoms with Gasteiger partial charge in [0, 0.05) is 24.5 Å². The lowest BCUT2D eigenvalue weighted by atomic mass is 10.1. The number of aryl methyl sites for hydroxylation is 1. The van der Waals surface area contributed by atoms with E-state index in [1.807, 2.05) is 18.2 Å². The Kier molecular flexibility index (Phi) is 3.78. The highest BCUT2D eigenvalue weighted by Crippen LogP contribution is 2.30. The molecule has 0 spiro atoms. The molecule has 0 fully saturated rings. The summed E-state index contributed by atoms with van der Waals surface area (Å²) in [6.45, 7) is 3.92. The van der Waals surface area contributed by atoms with Crippen LogP contribution < -0.4 is 10.1 Å². The summed E-state index contributed by atoms with van der Waals surface area (Å²) >= 11 is 7.74. The van der Waals surface area contributed by atoms with Gasteiger partial charge in [0.15, 0.2) is 0 Å². The van der Waals surface area contributed by atoms with Crippen LogP contribution in [0.15, 0.2) is 29.0 Å². The number of nitrogens with one attached hydrogen (secondary N) is 1. The Morgan fingerprint density at radius 1 is 1.42 bits per heavy atom. The summed E-state index contributed by atoms with van der Waals surface area (Å²) in [5.41, 5.74) is 3.95. The summed E-state index contributed by atoms with van der Waals surface area (Å²) in [6.07, 6.45) is 1.15.